The predicted molar refractivity (Wildman–Crippen MR) is 110 cm³/mol. The van der Waals surface area contributed by atoms with E-state index in [1.165, 1.54) is 21.0 Å². The summed E-state index contributed by atoms with van der Waals surface area (Å²) in [6, 6.07) is 22.7. The molecule has 0 aliphatic heterocycles. The third-order valence-electron chi connectivity index (χ3n) is 4.60. The van der Waals surface area contributed by atoms with Crippen molar-refractivity contribution >= 4 is 38.0 Å². The summed E-state index contributed by atoms with van der Waals surface area (Å²) in [6.07, 6.45) is 1.73. The Bertz CT molecular complexity index is 1070. The van der Waals surface area contributed by atoms with Gasteiger partial charge in [-0.3, -0.25) is 4.79 Å². The molecule has 0 spiro atoms. The summed E-state index contributed by atoms with van der Waals surface area (Å²) in [5, 5.41) is 3.53. The van der Waals surface area contributed by atoms with Gasteiger partial charge in [-0.15, -0.1) is 11.3 Å². The van der Waals surface area contributed by atoms with Gasteiger partial charge in [0, 0.05) is 10.1 Å². The van der Waals surface area contributed by atoms with E-state index in [1.54, 1.807) is 18.3 Å². The van der Waals surface area contributed by atoms with Crippen molar-refractivity contribution in [1.82, 2.24) is 0 Å². The molecule has 1 aromatic heterocycles. The molecule has 2 nitrogen and oxygen atoms in total. The molecule has 26 heavy (non-hydrogen) atoms. The van der Waals surface area contributed by atoms with Crippen molar-refractivity contribution in [2.75, 3.05) is 6.61 Å². The van der Waals surface area contributed by atoms with Crippen LogP contribution in [-0.2, 0) is 6.42 Å². The van der Waals surface area contributed by atoms with Crippen molar-refractivity contribution in [3.63, 3.8) is 0 Å². The van der Waals surface area contributed by atoms with E-state index in [9.17, 15) is 4.79 Å². The van der Waals surface area contributed by atoms with E-state index in [2.05, 4.69) is 30.3 Å². The Balaban J connectivity index is 1.49. The molecule has 3 heteroatoms. The molecule has 4 rings (SSSR count). The van der Waals surface area contributed by atoms with E-state index in [4.69, 9.17) is 4.74 Å². The van der Waals surface area contributed by atoms with Crippen molar-refractivity contribution in [1.29, 1.82) is 0 Å². The fraction of sp³-hybridized carbons (Fsp3) is 0.174. The molecule has 4 aromatic rings. The highest BCUT2D eigenvalue weighted by molar-refractivity contribution is 7.21. The molecule has 0 aliphatic rings. The Morgan fingerprint density at radius 1 is 0.923 bits per heavy atom. The van der Waals surface area contributed by atoms with E-state index in [0.29, 0.717) is 6.61 Å². The first-order chi connectivity index (χ1) is 12.7. The van der Waals surface area contributed by atoms with Gasteiger partial charge in [0.15, 0.2) is 5.78 Å². The lowest BCUT2D eigenvalue weighted by Gasteiger charge is -2.09. The number of thiophene rings is 1. The summed E-state index contributed by atoms with van der Waals surface area (Å²) in [5.74, 6) is 1.07. The van der Waals surface area contributed by atoms with Crippen LogP contribution in [0.5, 0.6) is 5.75 Å². The first-order valence-electron chi connectivity index (χ1n) is 8.86. The summed E-state index contributed by atoms with van der Waals surface area (Å²) in [6.45, 7) is 2.29. The monoisotopic (exact) mass is 360 g/mol. The van der Waals surface area contributed by atoms with E-state index in [-0.39, 0.29) is 5.78 Å². The number of benzene rings is 3. The molecule has 0 saturated carbocycles. The third kappa shape index (κ3) is 3.23. The maximum atomic E-state index is 12.0. The zero-order valence-corrected chi connectivity index (χ0v) is 15.5. The summed E-state index contributed by atoms with van der Waals surface area (Å²) in [7, 11) is 0. The van der Waals surface area contributed by atoms with Crippen molar-refractivity contribution in [3.05, 3.63) is 77.2 Å². The Labute approximate surface area is 157 Å². The van der Waals surface area contributed by atoms with Crippen molar-refractivity contribution in [2.24, 2.45) is 0 Å². The van der Waals surface area contributed by atoms with Crippen LogP contribution in [0.3, 0.4) is 0 Å². The van der Waals surface area contributed by atoms with Crippen LogP contribution in [0, 0.1) is 0 Å². The lowest BCUT2D eigenvalue weighted by molar-refractivity contribution is 0.102. The first-order valence-corrected chi connectivity index (χ1v) is 9.67. The quantitative estimate of drug-likeness (QED) is 0.299. The largest absolute Gasteiger partial charge is 0.493 e. The minimum Gasteiger partial charge on any atom is -0.493 e. The SMILES string of the molecule is CC(=O)c1sc2ccccc2c1CCCOc1cccc2ccccc12. The van der Waals surface area contributed by atoms with Gasteiger partial charge in [-0.05, 0) is 48.2 Å². The van der Waals surface area contributed by atoms with Gasteiger partial charge in [-0.1, -0.05) is 54.6 Å². The van der Waals surface area contributed by atoms with Crippen LogP contribution < -0.4 is 4.74 Å². The zero-order chi connectivity index (χ0) is 17.9. The summed E-state index contributed by atoms with van der Waals surface area (Å²) < 4.78 is 7.23. The molecule has 130 valence electrons. The molecule has 0 radical (unpaired) electrons. The van der Waals surface area contributed by atoms with Crippen molar-refractivity contribution < 1.29 is 9.53 Å². The standard InChI is InChI=1S/C23H20O2S/c1-16(24)23-20(19-11-4-5-14-22(19)26-23)12-7-15-25-21-13-6-9-17-8-2-3-10-18(17)21/h2-6,8-11,13-14H,7,12,15H2,1H3. The minimum absolute atomic E-state index is 0.149. The molecule has 1 heterocycles. The normalized spacial score (nSPS) is 11.1. The van der Waals surface area contributed by atoms with Crippen molar-refractivity contribution in [3.8, 4) is 5.75 Å². The molecule has 0 bridgehead atoms. The van der Waals surface area contributed by atoms with Crippen LogP contribution in [0.25, 0.3) is 20.9 Å². The van der Waals surface area contributed by atoms with Gasteiger partial charge >= 0.3 is 0 Å². The molecule has 0 N–H and O–H groups in total. The van der Waals surface area contributed by atoms with Crippen LogP contribution in [0.2, 0.25) is 0 Å². The summed E-state index contributed by atoms with van der Waals surface area (Å²) in [5.41, 5.74) is 1.17. The highest BCUT2D eigenvalue weighted by atomic mass is 32.1. The second-order valence-corrected chi connectivity index (χ2v) is 7.44. The first kappa shape index (κ1) is 16.8. The third-order valence-corrected chi connectivity index (χ3v) is 5.91. The van der Waals surface area contributed by atoms with Crippen LogP contribution in [-0.4, -0.2) is 12.4 Å². The van der Waals surface area contributed by atoms with Gasteiger partial charge in [0.1, 0.15) is 5.75 Å². The maximum Gasteiger partial charge on any atom is 0.170 e. The molecule has 0 unspecified atom stereocenters. The number of carbonyl (C=O) groups excluding carboxylic acids is 1. The Morgan fingerprint density at radius 2 is 1.65 bits per heavy atom. The summed E-state index contributed by atoms with van der Waals surface area (Å²) >= 11 is 1.60. The van der Waals surface area contributed by atoms with E-state index < -0.39 is 0 Å². The number of ketones is 1. The molecule has 0 saturated heterocycles. The molecule has 0 fully saturated rings. The lowest BCUT2D eigenvalue weighted by Crippen LogP contribution is -2.02. The number of fused-ring (bicyclic) bond motifs is 2. The number of rotatable bonds is 6. The zero-order valence-electron chi connectivity index (χ0n) is 14.7. The van der Waals surface area contributed by atoms with Crippen LogP contribution in [0.1, 0.15) is 28.6 Å². The van der Waals surface area contributed by atoms with Gasteiger partial charge in [-0.2, -0.15) is 0 Å². The maximum absolute atomic E-state index is 12.0. The van der Waals surface area contributed by atoms with Gasteiger partial charge in [-0.25, -0.2) is 0 Å². The van der Waals surface area contributed by atoms with E-state index >= 15 is 0 Å². The molecule has 3 aromatic carbocycles. The fourth-order valence-electron chi connectivity index (χ4n) is 3.38. The molecule has 0 aliphatic carbocycles. The number of aryl methyl sites for hydroxylation is 1. The number of Topliss-reactive ketones (excluding diaryl/α,β-unsaturated/α-hetero) is 1. The topological polar surface area (TPSA) is 26.3 Å². The van der Waals surface area contributed by atoms with Crippen LogP contribution in [0.4, 0.5) is 0 Å². The smallest absolute Gasteiger partial charge is 0.170 e. The molecular weight excluding hydrogens is 340 g/mol. The second kappa shape index (κ2) is 7.30. The van der Waals surface area contributed by atoms with Gasteiger partial charge in [0.25, 0.3) is 0 Å². The van der Waals surface area contributed by atoms with Crippen molar-refractivity contribution in [2.45, 2.75) is 19.8 Å². The van der Waals surface area contributed by atoms with Gasteiger partial charge in [0.05, 0.1) is 11.5 Å². The number of carbonyl (C=O) groups is 1. The predicted octanol–water partition coefficient (Wildman–Crippen LogP) is 6.27. The molecule has 0 atom stereocenters. The fourth-order valence-corrected chi connectivity index (χ4v) is 4.53. The van der Waals surface area contributed by atoms with Crippen LogP contribution >= 0.6 is 11.3 Å². The highest BCUT2D eigenvalue weighted by Gasteiger charge is 2.15. The van der Waals surface area contributed by atoms with Gasteiger partial charge in [0.2, 0.25) is 0 Å². The summed E-state index contributed by atoms with van der Waals surface area (Å²) in [4.78, 5) is 12.9. The number of hydrogen-bond donors (Lipinski definition) is 0. The lowest BCUT2D eigenvalue weighted by atomic mass is 10.0. The molecule has 0 amide bonds. The molecular formula is C23H20O2S. The van der Waals surface area contributed by atoms with Crippen LogP contribution in [0.15, 0.2) is 66.7 Å². The Kier molecular flexibility index (Phi) is 4.72. The number of hydrogen-bond acceptors (Lipinski definition) is 3. The van der Waals surface area contributed by atoms with E-state index in [0.717, 1.165) is 28.9 Å². The van der Waals surface area contributed by atoms with E-state index in [1.807, 2.05) is 36.4 Å². The Morgan fingerprint density at radius 3 is 2.50 bits per heavy atom. The second-order valence-electron chi connectivity index (χ2n) is 6.39. The Hall–Kier alpha value is -2.65. The average Bonchev–Trinajstić information content (AvgIpc) is 3.04. The average molecular weight is 360 g/mol. The number of ether oxygens (including phenoxy) is 1. The van der Waals surface area contributed by atoms with Gasteiger partial charge < -0.3 is 4.74 Å². The minimum atomic E-state index is 0.149. The highest BCUT2D eigenvalue weighted by Crippen LogP contribution is 2.32.